The molecule has 0 saturated heterocycles. The summed E-state index contributed by atoms with van der Waals surface area (Å²) in [6.07, 6.45) is 1.68. The van der Waals surface area contributed by atoms with E-state index in [2.05, 4.69) is 32.8 Å². The van der Waals surface area contributed by atoms with Crippen LogP contribution in [0.1, 0.15) is 5.69 Å². The lowest BCUT2D eigenvalue weighted by Gasteiger charge is -1.86. The first-order valence-corrected chi connectivity index (χ1v) is 3.78. The van der Waals surface area contributed by atoms with E-state index in [1.54, 1.807) is 6.20 Å². The van der Waals surface area contributed by atoms with E-state index in [0.717, 1.165) is 10.1 Å². The molecular formula is C5H5IN2. The maximum absolute atomic E-state index is 3.84. The van der Waals surface area contributed by atoms with Crippen LogP contribution in [0, 0.1) is 0 Å². The number of halogens is 1. The van der Waals surface area contributed by atoms with Crippen molar-refractivity contribution in [3.8, 4) is 0 Å². The Balaban J connectivity index is 2.83. The molecule has 1 aromatic heterocycles. The average molecular weight is 220 g/mol. The Morgan fingerprint density at radius 3 is 2.88 bits per heavy atom. The van der Waals surface area contributed by atoms with E-state index in [-0.39, 0.29) is 0 Å². The van der Waals surface area contributed by atoms with Gasteiger partial charge in [0, 0.05) is 10.6 Å². The number of alkyl halides is 1. The SMILES string of the molecule is ICc1cccnn1. The molecule has 42 valence electrons. The van der Waals surface area contributed by atoms with Gasteiger partial charge in [-0.15, -0.1) is 0 Å². The number of hydrogen-bond acceptors (Lipinski definition) is 2. The van der Waals surface area contributed by atoms with E-state index in [0.29, 0.717) is 0 Å². The van der Waals surface area contributed by atoms with Crippen molar-refractivity contribution < 1.29 is 0 Å². The Hall–Kier alpha value is -0.190. The number of aromatic nitrogens is 2. The van der Waals surface area contributed by atoms with Crippen LogP contribution in [-0.4, -0.2) is 10.2 Å². The Labute approximate surface area is 61.5 Å². The molecule has 1 heterocycles. The maximum atomic E-state index is 3.84. The molecule has 0 spiro atoms. The van der Waals surface area contributed by atoms with E-state index < -0.39 is 0 Å². The molecule has 0 fully saturated rings. The highest BCUT2D eigenvalue weighted by Crippen LogP contribution is 1.97. The number of hydrogen-bond donors (Lipinski definition) is 0. The van der Waals surface area contributed by atoms with Crippen LogP contribution in [0.4, 0.5) is 0 Å². The molecule has 0 unspecified atom stereocenters. The predicted molar refractivity (Wildman–Crippen MR) is 39.8 cm³/mol. The molecule has 0 saturated carbocycles. The first kappa shape index (κ1) is 5.94. The third-order valence-electron chi connectivity index (χ3n) is 0.764. The first-order chi connectivity index (χ1) is 3.93. The third kappa shape index (κ3) is 1.40. The minimum absolute atomic E-state index is 0.936. The minimum Gasteiger partial charge on any atom is -0.159 e. The molecule has 0 aliphatic rings. The van der Waals surface area contributed by atoms with E-state index in [4.69, 9.17) is 0 Å². The topological polar surface area (TPSA) is 25.8 Å². The normalized spacial score (nSPS) is 9.12. The molecule has 0 radical (unpaired) electrons. The van der Waals surface area contributed by atoms with Gasteiger partial charge in [-0.3, -0.25) is 0 Å². The summed E-state index contributed by atoms with van der Waals surface area (Å²) >= 11 is 2.25. The van der Waals surface area contributed by atoms with Gasteiger partial charge in [0.15, 0.2) is 0 Å². The summed E-state index contributed by atoms with van der Waals surface area (Å²) in [7, 11) is 0. The zero-order valence-electron chi connectivity index (χ0n) is 4.21. The monoisotopic (exact) mass is 220 g/mol. The highest BCUT2D eigenvalue weighted by Gasteiger charge is 1.84. The van der Waals surface area contributed by atoms with E-state index in [1.807, 2.05) is 12.1 Å². The fraction of sp³-hybridized carbons (Fsp3) is 0.200. The van der Waals surface area contributed by atoms with Gasteiger partial charge in [0.05, 0.1) is 5.69 Å². The fourth-order valence-electron chi connectivity index (χ4n) is 0.405. The molecule has 0 aromatic carbocycles. The van der Waals surface area contributed by atoms with Crippen LogP contribution in [0.15, 0.2) is 18.3 Å². The van der Waals surface area contributed by atoms with Crippen molar-refractivity contribution in [2.24, 2.45) is 0 Å². The van der Waals surface area contributed by atoms with E-state index >= 15 is 0 Å². The Kier molecular flexibility index (Phi) is 2.20. The summed E-state index contributed by atoms with van der Waals surface area (Å²) < 4.78 is 0.936. The second-order valence-electron chi connectivity index (χ2n) is 1.35. The van der Waals surface area contributed by atoms with Crippen molar-refractivity contribution >= 4 is 22.6 Å². The van der Waals surface area contributed by atoms with E-state index in [1.165, 1.54) is 0 Å². The average Bonchev–Trinajstić information content (AvgIpc) is 1.90. The zero-order chi connectivity index (χ0) is 5.82. The Morgan fingerprint density at radius 2 is 2.50 bits per heavy atom. The summed E-state index contributed by atoms with van der Waals surface area (Å²) in [5.74, 6) is 0. The highest BCUT2D eigenvalue weighted by molar-refractivity contribution is 14.1. The summed E-state index contributed by atoms with van der Waals surface area (Å²) in [6.45, 7) is 0. The van der Waals surface area contributed by atoms with Gasteiger partial charge in [-0.1, -0.05) is 22.6 Å². The quantitative estimate of drug-likeness (QED) is 0.528. The minimum atomic E-state index is 0.936. The van der Waals surface area contributed by atoms with E-state index in [9.17, 15) is 0 Å². The summed E-state index contributed by atoms with van der Waals surface area (Å²) in [4.78, 5) is 0. The molecule has 2 nitrogen and oxygen atoms in total. The van der Waals surface area contributed by atoms with Crippen molar-refractivity contribution in [3.05, 3.63) is 24.0 Å². The molecule has 0 aliphatic heterocycles. The van der Waals surface area contributed by atoms with Gasteiger partial charge in [0.1, 0.15) is 0 Å². The Bertz CT molecular complexity index is 152. The van der Waals surface area contributed by atoms with Gasteiger partial charge in [-0.05, 0) is 12.1 Å². The largest absolute Gasteiger partial charge is 0.159 e. The number of rotatable bonds is 1. The predicted octanol–water partition coefficient (Wildman–Crippen LogP) is 1.41. The second-order valence-corrected chi connectivity index (χ2v) is 2.11. The lowest BCUT2D eigenvalue weighted by molar-refractivity contribution is 0.977. The van der Waals surface area contributed by atoms with Gasteiger partial charge >= 0.3 is 0 Å². The molecule has 0 amide bonds. The van der Waals surface area contributed by atoms with Gasteiger partial charge < -0.3 is 0 Å². The van der Waals surface area contributed by atoms with Crippen molar-refractivity contribution in [1.82, 2.24) is 10.2 Å². The Morgan fingerprint density at radius 1 is 1.62 bits per heavy atom. The van der Waals surface area contributed by atoms with Crippen LogP contribution in [-0.2, 0) is 4.43 Å². The standard InChI is InChI=1S/C5H5IN2/c6-4-5-2-1-3-7-8-5/h1-3H,4H2. The van der Waals surface area contributed by atoms with Crippen molar-refractivity contribution in [2.45, 2.75) is 4.43 Å². The van der Waals surface area contributed by atoms with Crippen molar-refractivity contribution in [1.29, 1.82) is 0 Å². The van der Waals surface area contributed by atoms with Gasteiger partial charge in [-0.2, -0.15) is 10.2 Å². The maximum Gasteiger partial charge on any atom is 0.0728 e. The van der Waals surface area contributed by atoms with Crippen LogP contribution >= 0.6 is 22.6 Å². The highest BCUT2D eigenvalue weighted by atomic mass is 127. The molecule has 1 aromatic rings. The molecular weight excluding hydrogens is 215 g/mol. The zero-order valence-corrected chi connectivity index (χ0v) is 6.37. The van der Waals surface area contributed by atoms with Gasteiger partial charge in [-0.25, -0.2) is 0 Å². The van der Waals surface area contributed by atoms with Crippen LogP contribution in [0.2, 0.25) is 0 Å². The third-order valence-corrected chi connectivity index (χ3v) is 1.55. The molecule has 0 N–H and O–H groups in total. The molecule has 3 heteroatoms. The molecule has 0 aliphatic carbocycles. The van der Waals surface area contributed by atoms with Crippen LogP contribution in [0.25, 0.3) is 0 Å². The van der Waals surface area contributed by atoms with Crippen LogP contribution in [0.5, 0.6) is 0 Å². The van der Waals surface area contributed by atoms with Gasteiger partial charge in [0.2, 0.25) is 0 Å². The van der Waals surface area contributed by atoms with Crippen molar-refractivity contribution in [3.63, 3.8) is 0 Å². The van der Waals surface area contributed by atoms with Crippen molar-refractivity contribution in [2.75, 3.05) is 0 Å². The summed E-state index contributed by atoms with van der Waals surface area (Å²) in [5, 5.41) is 7.54. The fourth-order valence-corrected chi connectivity index (χ4v) is 0.812. The second kappa shape index (κ2) is 2.96. The molecule has 8 heavy (non-hydrogen) atoms. The molecule has 1 rings (SSSR count). The first-order valence-electron chi connectivity index (χ1n) is 2.26. The summed E-state index contributed by atoms with van der Waals surface area (Å²) in [6, 6.07) is 3.85. The van der Waals surface area contributed by atoms with Gasteiger partial charge in [0.25, 0.3) is 0 Å². The summed E-state index contributed by atoms with van der Waals surface area (Å²) in [5.41, 5.74) is 1.04. The number of nitrogens with zero attached hydrogens (tertiary/aromatic N) is 2. The smallest absolute Gasteiger partial charge is 0.0728 e. The molecule has 0 atom stereocenters. The van der Waals surface area contributed by atoms with Crippen LogP contribution in [0.3, 0.4) is 0 Å². The molecule has 0 bridgehead atoms. The lowest BCUT2D eigenvalue weighted by atomic mass is 10.4. The van der Waals surface area contributed by atoms with Crippen LogP contribution < -0.4 is 0 Å². The lowest BCUT2D eigenvalue weighted by Crippen LogP contribution is -1.84.